The van der Waals surface area contributed by atoms with Gasteiger partial charge in [0.25, 0.3) is 0 Å². The predicted octanol–water partition coefficient (Wildman–Crippen LogP) is 6.58. The molecule has 0 saturated carbocycles. The molecular weight excluding hydrogens is 248 g/mol. The second-order valence-electron chi connectivity index (χ2n) is 5.68. The Balaban J connectivity index is 0. The Kier molecular flexibility index (Phi) is 22.6. The summed E-state index contributed by atoms with van der Waals surface area (Å²) in [5, 5.41) is 7.91. The summed E-state index contributed by atoms with van der Waals surface area (Å²) < 4.78 is 0. The van der Waals surface area contributed by atoms with Gasteiger partial charge in [-0.15, -0.1) is 0 Å². The number of aliphatic carboxylic acids is 1. The molecule has 2 heteroatoms. The van der Waals surface area contributed by atoms with Gasteiger partial charge < -0.3 is 5.11 Å². The minimum Gasteiger partial charge on any atom is -0.481 e. The Morgan fingerprint density at radius 2 is 0.900 bits per heavy atom. The first-order chi connectivity index (χ1) is 9.68. The van der Waals surface area contributed by atoms with Gasteiger partial charge in [0.2, 0.25) is 0 Å². The van der Waals surface area contributed by atoms with E-state index < -0.39 is 5.97 Å². The van der Waals surface area contributed by atoms with Gasteiger partial charge in [-0.2, -0.15) is 0 Å². The van der Waals surface area contributed by atoms with Gasteiger partial charge in [-0.05, 0) is 6.42 Å². The van der Waals surface area contributed by atoms with E-state index in [-0.39, 0.29) is 0 Å². The first-order valence-corrected chi connectivity index (χ1v) is 8.90. The summed E-state index contributed by atoms with van der Waals surface area (Å²) in [5.41, 5.74) is 0. The molecule has 0 aliphatic carbocycles. The second kappa shape index (κ2) is 20.8. The van der Waals surface area contributed by atoms with Crippen LogP contribution in [0.15, 0.2) is 0 Å². The fourth-order valence-corrected chi connectivity index (χ4v) is 2.13. The molecule has 0 aromatic heterocycles. The molecule has 0 aliphatic rings. The van der Waals surface area contributed by atoms with E-state index in [0.29, 0.717) is 6.42 Å². The number of carboxylic acids is 1. The summed E-state index contributed by atoms with van der Waals surface area (Å²) >= 11 is 0. The van der Waals surface area contributed by atoms with E-state index in [1.807, 2.05) is 6.92 Å². The number of hydrogen-bond acceptors (Lipinski definition) is 1. The normalized spacial score (nSPS) is 9.95. The molecule has 1 N–H and O–H groups in total. The SMILES string of the molecule is CCCC(=O)O.CCCCCCCCCCCCCC. The van der Waals surface area contributed by atoms with Gasteiger partial charge in [-0.1, -0.05) is 97.8 Å². The molecule has 20 heavy (non-hydrogen) atoms. The van der Waals surface area contributed by atoms with Crippen molar-refractivity contribution in [3.05, 3.63) is 0 Å². The molecule has 2 nitrogen and oxygen atoms in total. The first-order valence-electron chi connectivity index (χ1n) is 8.90. The quantitative estimate of drug-likeness (QED) is 0.388. The van der Waals surface area contributed by atoms with Crippen molar-refractivity contribution in [2.75, 3.05) is 0 Å². The smallest absolute Gasteiger partial charge is 0.303 e. The molecular formula is C18H38O2. The van der Waals surface area contributed by atoms with Gasteiger partial charge in [-0.3, -0.25) is 4.79 Å². The van der Waals surface area contributed by atoms with E-state index in [1.165, 1.54) is 77.0 Å². The zero-order valence-electron chi connectivity index (χ0n) is 14.3. The lowest BCUT2D eigenvalue weighted by molar-refractivity contribution is -0.137. The summed E-state index contributed by atoms with van der Waals surface area (Å²) in [4.78, 5) is 9.60. The van der Waals surface area contributed by atoms with Crippen LogP contribution in [0.5, 0.6) is 0 Å². The highest BCUT2D eigenvalue weighted by molar-refractivity contribution is 5.66. The molecule has 0 fully saturated rings. The molecule has 0 aliphatic heterocycles. The molecule has 0 rings (SSSR count). The Bertz CT molecular complexity index is 166. The zero-order chi connectivity index (χ0) is 15.5. The molecule has 0 amide bonds. The van der Waals surface area contributed by atoms with Crippen molar-refractivity contribution in [1.82, 2.24) is 0 Å². The molecule has 0 saturated heterocycles. The molecule has 0 unspecified atom stereocenters. The van der Waals surface area contributed by atoms with Crippen LogP contribution in [-0.4, -0.2) is 11.1 Å². The number of unbranched alkanes of at least 4 members (excludes halogenated alkanes) is 11. The highest BCUT2D eigenvalue weighted by Crippen LogP contribution is 2.11. The first kappa shape index (κ1) is 21.8. The largest absolute Gasteiger partial charge is 0.481 e. The lowest BCUT2D eigenvalue weighted by atomic mass is 10.1. The summed E-state index contributed by atoms with van der Waals surface area (Å²) in [6.07, 6.45) is 18.5. The third kappa shape index (κ3) is 26.1. The molecule has 0 spiro atoms. The molecule has 0 aromatic carbocycles. The third-order valence-electron chi connectivity index (χ3n) is 3.42. The minimum absolute atomic E-state index is 0.292. The zero-order valence-corrected chi connectivity index (χ0v) is 14.3. The lowest BCUT2D eigenvalue weighted by Gasteiger charge is -2.01. The highest BCUT2D eigenvalue weighted by atomic mass is 16.4. The van der Waals surface area contributed by atoms with Crippen molar-refractivity contribution in [2.45, 2.75) is 111 Å². The van der Waals surface area contributed by atoms with Crippen molar-refractivity contribution < 1.29 is 9.90 Å². The third-order valence-corrected chi connectivity index (χ3v) is 3.42. The second-order valence-corrected chi connectivity index (χ2v) is 5.68. The molecule has 0 atom stereocenters. The fourth-order valence-electron chi connectivity index (χ4n) is 2.13. The summed E-state index contributed by atoms with van der Waals surface area (Å²) in [6.45, 7) is 6.41. The lowest BCUT2D eigenvalue weighted by Crippen LogP contribution is -1.90. The highest BCUT2D eigenvalue weighted by Gasteiger charge is 1.91. The number of carbonyl (C=O) groups is 1. The Labute approximate surface area is 127 Å². The fraction of sp³-hybridized carbons (Fsp3) is 0.944. The summed E-state index contributed by atoms with van der Waals surface area (Å²) in [7, 11) is 0. The minimum atomic E-state index is -0.711. The molecule has 0 heterocycles. The van der Waals surface area contributed by atoms with E-state index in [0.717, 1.165) is 6.42 Å². The van der Waals surface area contributed by atoms with Crippen LogP contribution < -0.4 is 0 Å². The van der Waals surface area contributed by atoms with Crippen LogP contribution in [0.1, 0.15) is 111 Å². The van der Waals surface area contributed by atoms with Crippen LogP contribution in [-0.2, 0) is 4.79 Å². The van der Waals surface area contributed by atoms with E-state index in [1.54, 1.807) is 0 Å². The van der Waals surface area contributed by atoms with E-state index in [9.17, 15) is 4.79 Å². The maximum Gasteiger partial charge on any atom is 0.303 e. The standard InChI is InChI=1S/C14H30.C4H8O2/c1-3-5-7-9-11-13-14-12-10-8-6-4-2;1-2-3-4(5)6/h3-14H2,1-2H3;2-3H2,1H3,(H,5,6). The van der Waals surface area contributed by atoms with Gasteiger partial charge in [0, 0.05) is 6.42 Å². The van der Waals surface area contributed by atoms with Crippen molar-refractivity contribution in [3.8, 4) is 0 Å². The van der Waals surface area contributed by atoms with E-state index in [2.05, 4.69) is 13.8 Å². The van der Waals surface area contributed by atoms with Crippen molar-refractivity contribution >= 4 is 5.97 Å². The average Bonchev–Trinajstić information content (AvgIpc) is 2.41. The molecule has 122 valence electrons. The van der Waals surface area contributed by atoms with Crippen molar-refractivity contribution in [2.24, 2.45) is 0 Å². The van der Waals surface area contributed by atoms with Crippen LogP contribution in [0.25, 0.3) is 0 Å². The summed E-state index contributed by atoms with van der Waals surface area (Å²) in [5.74, 6) is -0.711. The maximum absolute atomic E-state index is 9.60. The van der Waals surface area contributed by atoms with E-state index in [4.69, 9.17) is 5.11 Å². The summed E-state index contributed by atoms with van der Waals surface area (Å²) in [6, 6.07) is 0. The van der Waals surface area contributed by atoms with Gasteiger partial charge in [-0.25, -0.2) is 0 Å². The van der Waals surface area contributed by atoms with Crippen LogP contribution in [0.3, 0.4) is 0 Å². The van der Waals surface area contributed by atoms with E-state index >= 15 is 0 Å². The number of hydrogen-bond donors (Lipinski definition) is 1. The molecule has 0 bridgehead atoms. The molecule has 0 aromatic rings. The topological polar surface area (TPSA) is 37.3 Å². The van der Waals surface area contributed by atoms with Crippen molar-refractivity contribution in [1.29, 1.82) is 0 Å². The van der Waals surface area contributed by atoms with Crippen LogP contribution in [0.2, 0.25) is 0 Å². The Hall–Kier alpha value is -0.530. The Morgan fingerprint density at radius 1 is 0.600 bits per heavy atom. The van der Waals surface area contributed by atoms with Gasteiger partial charge in [0.1, 0.15) is 0 Å². The monoisotopic (exact) mass is 286 g/mol. The average molecular weight is 286 g/mol. The van der Waals surface area contributed by atoms with Crippen LogP contribution >= 0.6 is 0 Å². The number of rotatable bonds is 13. The van der Waals surface area contributed by atoms with Crippen LogP contribution in [0, 0.1) is 0 Å². The Morgan fingerprint density at radius 3 is 1.05 bits per heavy atom. The van der Waals surface area contributed by atoms with Gasteiger partial charge >= 0.3 is 5.97 Å². The molecule has 0 radical (unpaired) electrons. The predicted molar refractivity (Wildman–Crippen MR) is 89.3 cm³/mol. The van der Waals surface area contributed by atoms with Crippen LogP contribution in [0.4, 0.5) is 0 Å². The van der Waals surface area contributed by atoms with Crippen molar-refractivity contribution in [3.63, 3.8) is 0 Å². The number of carboxylic acid groups (broad SMARTS) is 1. The maximum atomic E-state index is 9.60. The van der Waals surface area contributed by atoms with Gasteiger partial charge in [0.05, 0.1) is 0 Å². The van der Waals surface area contributed by atoms with Gasteiger partial charge in [0.15, 0.2) is 0 Å².